The predicted octanol–water partition coefficient (Wildman–Crippen LogP) is 4.53. The highest BCUT2D eigenvalue weighted by molar-refractivity contribution is 6.32. The van der Waals surface area contributed by atoms with Gasteiger partial charge in [-0.25, -0.2) is 10.8 Å². The summed E-state index contributed by atoms with van der Waals surface area (Å²) in [6, 6.07) is 6.26. The zero-order valence-electron chi connectivity index (χ0n) is 11.7. The molecule has 1 fully saturated rings. The first-order chi connectivity index (χ1) is 9.69. The minimum atomic E-state index is 0.572. The molecule has 3 rings (SSSR count). The van der Waals surface area contributed by atoms with Gasteiger partial charge in [-0.1, -0.05) is 30.9 Å². The Morgan fingerprint density at radius 2 is 1.95 bits per heavy atom. The summed E-state index contributed by atoms with van der Waals surface area (Å²) >= 11 is 6.18. The third-order valence-electron chi connectivity index (χ3n) is 4.31. The molecule has 20 heavy (non-hydrogen) atoms. The van der Waals surface area contributed by atoms with Crippen LogP contribution in [0.3, 0.4) is 0 Å². The number of anilines is 1. The van der Waals surface area contributed by atoms with Crippen LogP contribution in [0.5, 0.6) is 0 Å². The molecule has 0 unspecified atom stereocenters. The van der Waals surface area contributed by atoms with E-state index >= 15 is 0 Å². The molecule has 2 aromatic rings. The molecule has 0 bridgehead atoms. The summed E-state index contributed by atoms with van der Waals surface area (Å²) in [5, 5.41) is 1.89. The van der Waals surface area contributed by atoms with Crippen LogP contribution in [0.2, 0.25) is 5.02 Å². The largest absolute Gasteiger partial charge is 0.308 e. The normalized spacial score (nSPS) is 16.6. The number of benzene rings is 1. The van der Waals surface area contributed by atoms with E-state index in [1.54, 1.807) is 0 Å². The second-order valence-corrected chi connectivity index (χ2v) is 6.11. The average molecular weight is 290 g/mol. The van der Waals surface area contributed by atoms with Crippen LogP contribution in [0, 0.1) is 6.92 Å². The van der Waals surface area contributed by atoms with Gasteiger partial charge in [-0.3, -0.25) is 0 Å². The van der Waals surface area contributed by atoms with Crippen molar-refractivity contribution in [2.45, 2.75) is 44.9 Å². The summed E-state index contributed by atoms with van der Waals surface area (Å²) in [6.45, 7) is 2.02. The number of halogens is 1. The van der Waals surface area contributed by atoms with E-state index < -0.39 is 0 Å². The first-order valence-electron chi connectivity index (χ1n) is 7.26. The third kappa shape index (κ3) is 2.48. The lowest BCUT2D eigenvalue weighted by Gasteiger charge is -2.24. The van der Waals surface area contributed by atoms with Crippen LogP contribution in [0.1, 0.15) is 49.1 Å². The number of hydrogen-bond acceptors (Lipinski definition) is 3. The lowest BCUT2D eigenvalue weighted by atomic mass is 9.84. The lowest BCUT2D eigenvalue weighted by Crippen LogP contribution is -2.14. The molecule has 0 amide bonds. The molecule has 1 aliphatic rings. The Hall–Kier alpha value is -1.32. The van der Waals surface area contributed by atoms with E-state index in [9.17, 15) is 0 Å². The fourth-order valence-electron chi connectivity index (χ4n) is 3.17. The summed E-state index contributed by atoms with van der Waals surface area (Å²) in [6.07, 6.45) is 6.40. The topological polar surface area (TPSA) is 50.9 Å². The number of rotatable bonds is 2. The minimum absolute atomic E-state index is 0.572. The average Bonchev–Trinajstić information content (AvgIpc) is 2.48. The van der Waals surface area contributed by atoms with Gasteiger partial charge in [-0.2, -0.15) is 0 Å². The molecule has 106 valence electrons. The van der Waals surface area contributed by atoms with Crippen molar-refractivity contribution in [3.8, 4) is 0 Å². The van der Waals surface area contributed by atoms with Gasteiger partial charge >= 0.3 is 0 Å². The Balaban J connectivity index is 2.12. The van der Waals surface area contributed by atoms with Gasteiger partial charge in [-0.05, 0) is 55.0 Å². The molecule has 1 aliphatic carbocycles. The van der Waals surface area contributed by atoms with Crippen LogP contribution in [-0.2, 0) is 0 Å². The van der Waals surface area contributed by atoms with E-state index in [2.05, 4.69) is 22.5 Å². The Morgan fingerprint density at radius 3 is 2.65 bits per heavy atom. The van der Waals surface area contributed by atoms with E-state index in [-0.39, 0.29) is 0 Å². The third-order valence-corrected chi connectivity index (χ3v) is 4.71. The number of nitrogens with two attached hydrogens (primary N) is 1. The van der Waals surface area contributed by atoms with Gasteiger partial charge in [-0.15, -0.1) is 0 Å². The zero-order chi connectivity index (χ0) is 14.1. The molecule has 4 heteroatoms. The van der Waals surface area contributed by atoms with E-state index in [0.29, 0.717) is 5.92 Å². The number of fused-ring (bicyclic) bond motifs is 1. The van der Waals surface area contributed by atoms with Gasteiger partial charge in [0.05, 0.1) is 5.52 Å². The van der Waals surface area contributed by atoms with Gasteiger partial charge in [0.15, 0.2) is 0 Å². The van der Waals surface area contributed by atoms with Gasteiger partial charge in [0, 0.05) is 10.4 Å². The highest BCUT2D eigenvalue weighted by Gasteiger charge is 2.20. The molecule has 1 heterocycles. The van der Waals surface area contributed by atoms with Gasteiger partial charge < -0.3 is 5.43 Å². The van der Waals surface area contributed by atoms with Crippen LogP contribution >= 0.6 is 11.6 Å². The first kappa shape index (κ1) is 13.7. The molecule has 0 saturated heterocycles. The molecule has 0 atom stereocenters. The lowest BCUT2D eigenvalue weighted by molar-refractivity contribution is 0.444. The Kier molecular flexibility index (Phi) is 3.81. The van der Waals surface area contributed by atoms with Crippen molar-refractivity contribution >= 4 is 28.3 Å². The Bertz CT molecular complexity index is 633. The first-order valence-corrected chi connectivity index (χ1v) is 7.64. The highest BCUT2D eigenvalue weighted by Crippen LogP contribution is 2.37. The maximum Gasteiger partial charge on any atom is 0.144 e. The summed E-state index contributed by atoms with van der Waals surface area (Å²) in [5.41, 5.74) is 6.00. The quantitative estimate of drug-likeness (QED) is 0.631. The molecule has 1 saturated carbocycles. The van der Waals surface area contributed by atoms with Crippen LogP contribution in [0.15, 0.2) is 18.2 Å². The van der Waals surface area contributed by atoms with E-state index in [1.165, 1.54) is 37.7 Å². The second-order valence-electron chi connectivity index (χ2n) is 5.70. The summed E-state index contributed by atoms with van der Waals surface area (Å²) in [7, 11) is 0. The van der Waals surface area contributed by atoms with Crippen molar-refractivity contribution < 1.29 is 0 Å². The number of aryl methyl sites for hydroxylation is 1. The zero-order valence-corrected chi connectivity index (χ0v) is 12.5. The molecule has 0 aliphatic heterocycles. The Morgan fingerprint density at radius 1 is 1.20 bits per heavy atom. The minimum Gasteiger partial charge on any atom is -0.308 e. The van der Waals surface area contributed by atoms with Crippen LogP contribution < -0.4 is 11.3 Å². The fraction of sp³-hybridized carbons (Fsp3) is 0.438. The second kappa shape index (κ2) is 5.58. The van der Waals surface area contributed by atoms with Crippen LogP contribution in [-0.4, -0.2) is 4.98 Å². The fourth-order valence-corrected chi connectivity index (χ4v) is 3.32. The molecular formula is C16H20ClN3. The summed E-state index contributed by atoms with van der Waals surface area (Å²) < 4.78 is 0. The molecule has 1 aromatic carbocycles. The maximum atomic E-state index is 6.18. The van der Waals surface area contributed by atoms with Crippen LogP contribution in [0.25, 0.3) is 10.9 Å². The van der Waals surface area contributed by atoms with Crippen molar-refractivity contribution in [2.24, 2.45) is 5.84 Å². The number of pyridine rings is 1. The predicted molar refractivity (Wildman–Crippen MR) is 85.1 cm³/mol. The number of nitrogens with one attached hydrogen (secondary N) is 1. The smallest absolute Gasteiger partial charge is 0.144 e. The number of nitrogens with zero attached hydrogens (tertiary/aromatic N) is 1. The maximum absolute atomic E-state index is 6.18. The van der Waals surface area contributed by atoms with Crippen molar-refractivity contribution in [2.75, 3.05) is 5.43 Å². The number of nitrogen functional groups attached to an aromatic ring is 1. The van der Waals surface area contributed by atoms with E-state index in [1.807, 2.05) is 13.0 Å². The van der Waals surface area contributed by atoms with Crippen molar-refractivity contribution in [3.63, 3.8) is 0 Å². The van der Waals surface area contributed by atoms with Crippen molar-refractivity contribution in [1.82, 2.24) is 4.98 Å². The molecule has 3 N–H and O–H groups in total. The van der Waals surface area contributed by atoms with Crippen LogP contribution in [0.4, 0.5) is 5.82 Å². The molecule has 3 nitrogen and oxygen atoms in total. The van der Waals surface area contributed by atoms with Crippen molar-refractivity contribution in [3.05, 3.63) is 34.3 Å². The summed E-state index contributed by atoms with van der Waals surface area (Å²) in [4.78, 5) is 4.65. The Labute approximate surface area is 124 Å². The van der Waals surface area contributed by atoms with Crippen molar-refractivity contribution in [1.29, 1.82) is 0 Å². The highest BCUT2D eigenvalue weighted by atomic mass is 35.5. The SMILES string of the molecule is Cc1cc2cc(C3CCCCC3)c(NN)nc2cc1Cl. The van der Waals surface area contributed by atoms with Gasteiger partial charge in [0.25, 0.3) is 0 Å². The monoisotopic (exact) mass is 289 g/mol. The number of hydrogen-bond donors (Lipinski definition) is 2. The number of hydrazine groups is 1. The van der Waals surface area contributed by atoms with E-state index in [4.69, 9.17) is 17.4 Å². The molecule has 0 spiro atoms. The standard InChI is InChI=1S/C16H20ClN3/c1-10-7-12-8-13(11-5-3-2-4-6-11)16(20-18)19-15(12)9-14(10)17/h7-9,11H,2-6,18H2,1H3,(H,19,20). The molecule has 0 radical (unpaired) electrons. The van der Waals surface area contributed by atoms with Gasteiger partial charge in [0.1, 0.15) is 5.82 Å². The summed E-state index contributed by atoms with van der Waals surface area (Å²) in [5.74, 6) is 7.04. The van der Waals surface area contributed by atoms with Gasteiger partial charge in [0.2, 0.25) is 0 Å². The number of aromatic nitrogens is 1. The molecule has 1 aromatic heterocycles. The van der Waals surface area contributed by atoms with E-state index in [0.717, 1.165) is 27.3 Å². The molecular weight excluding hydrogens is 270 g/mol.